The number of nitrogens with zero attached hydrogens (tertiary/aromatic N) is 3. The lowest BCUT2D eigenvalue weighted by molar-refractivity contribution is -0.137. The Bertz CT molecular complexity index is 1110. The SMILES string of the molecule is NS(=O)(=O)c1ccc(C(=O)N2CCC(C(=O)N3CCN(c4ccc(F)cc4)CC3)CC2)cc1. The highest BCUT2D eigenvalue weighted by atomic mass is 32.2. The van der Waals surface area contributed by atoms with Crippen molar-refractivity contribution in [1.82, 2.24) is 9.80 Å². The number of sulfonamides is 1. The third kappa shape index (κ3) is 5.33. The van der Waals surface area contributed by atoms with Crippen LogP contribution >= 0.6 is 0 Å². The van der Waals surface area contributed by atoms with E-state index < -0.39 is 10.0 Å². The number of likely N-dealkylation sites (tertiary alicyclic amines) is 1. The molecule has 8 nitrogen and oxygen atoms in total. The van der Waals surface area contributed by atoms with Gasteiger partial charge in [0.1, 0.15) is 5.82 Å². The molecule has 2 fully saturated rings. The van der Waals surface area contributed by atoms with E-state index in [-0.39, 0.29) is 28.4 Å². The van der Waals surface area contributed by atoms with Crippen molar-refractivity contribution in [2.45, 2.75) is 17.7 Å². The summed E-state index contributed by atoms with van der Waals surface area (Å²) in [5, 5.41) is 5.10. The van der Waals surface area contributed by atoms with E-state index in [2.05, 4.69) is 4.90 Å². The van der Waals surface area contributed by atoms with E-state index in [4.69, 9.17) is 5.14 Å². The molecule has 0 aromatic heterocycles. The van der Waals surface area contributed by atoms with E-state index in [0.717, 1.165) is 5.69 Å². The molecule has 2 heterocycles. The van der Waals surface area contributed by atoms with Gasteiger partial charge in [-0.2, -0.15) is 0 Å². The van der Waals surface area contributed by atoms with Crippen LogP contribution in [0.25, 0.3) is 0 Å². The molecule has 0 radical (unpaired) electrons. The monoisotopic (exact) mass is 474 g/mol. The zero-order valence-electron chi connectivity index (χ0n) is 18.2. The van der Waals surface area contributed by atoms with Crippen LogP contribution in [0.4, 0.5) is 10.1 Å². The minimum atomic E-state index is -3.80. The molecule has 2 amide bonds. The topological polar surface area (TPSA) is 104 Å². The van der Waals surface area contributed by atoms with Crippen molar-refractivity contribution in [2.24, 2.45) is 11.1 Å². The van der Waals surface area contributed by atoms with Gasteiger partial charge in [-0.05, 0) is 61.4 Å². The lowest BCUT2D eigenvalue weighted by Gasteiger charge is -2.39. The first-order valence-corrected chi connectivity index (χ1v) is 12.5. The fourth-order valence-electron chi connectivity index (χ4n) is 4.39. The Balaban J connectivity index is 1.27. The number of halogens is 1. The lowest BCUT2D eigenvalue weighted by atomic mass is 9.94. The van der Waals surface area contributed by atoms with Gasteiger partial charge in [-0.3, -0.25) is 9.59 Å². The first kappa shape index (κ1) is 23.2. The Labute approximate surface area is 192 Å². The van der Waals surface area contributed by atoms with E-state index in [0.29, 0.717) is 57.7 Å². The number of piperidine rings is 1. The van der Waals surface area contributed by atoms with Crippen LogP contribution < -0.4 is 10.0 Å². The van der Waals surface area contributed by atoms with Gasteiger partial charge in [0.25, 0.3) is 5.91 Å². The first-order chi connectivity index (χ1) is 15.7. The number of rotatable bonds is 4. The minimum Gasteiger partial charge on any atom is -0.368 e. The Morgan fingerprint density at radius 2 is 1.39 bits per heavy atom. The van der Waals surface area contributed by atoms with Crippen LogP contribution in [0, 0.1) is 11.7 Å². The molecule has 0 aliphatic carbocycles. The van der Waals surface area contributed by atoms with Crippen molar-refractivity contribution >= 4 is 27.5 Å². The Kier molecular flexibility index (Phi) is 6.66. The number of hydrogen-bond acceptors (Lipinski definition) is 5. The molecular weight excluding hydrogens is 447 g/mol. The van der Waals surface area contributed by atoms with Gasteiger partial charge >= 0.3 is 0 Å². The highest BCUT2D eigenvalue weighted by molar-refractivity contribution is 7.89. The molecule has 2 N–H and O–H groups in total. The molecule has 2 aromatic rings. The second-order valence-electron chi connectivity index (χ2n) is 8.42. The number of piperazine rings is 1. The summed E-state index contributed by atoms with van der Waals surface area (Å²) in [7, 11) is -3.80. The summed E-state index contributed by atoms with van der Waals surface area (Å²) in [5.74, 6) is -0.442. The van der Waals surface area contributed by atoms with Crippen LogP contribution in [0.5, 0.6) is 0 Å². The van der Waals surface area contributed by atoms with E-state index in [1.165, 1.54) is 36.4 Å². The van der Waals surface area contributed by atoms with Gasteiger partial charge in [0.05, 0.1) is 4.90 Å². The van der Waals surface area contributed by atoms with Crippen LogP contribution in [-0.2, 0) is 14.8 Å². The van der Waals surface area contributed by atoms with Crippen molar-refractivity contribution in [3.05, 3.63) is 59.9 Å². The Morgan fingerprint density at radius 1 is 0.818 bits per heavy atom. The van der Waals surface area contributed by atoms with Gasteiger partial charge in [-0.1, -0.05) is 0 Å². The molecule has 176 valence electrons. The molecule has 2 aromatic carbocycles. The van der Waals surface area contributed by atoms with Gasteiger partial charge < -0.3 is 14.7 Å². The van der Waals surface area contributed by atoms with Crippen molar-refractivity contribution in [1.29, 1.82) is 0 Å². The third-order valence-corrected chi connectivity index (χ3v) is 7.27. The van der Waals surface area contributed by atoms with Gasteiger partial charge in [0.2, 0.25) is 15.9 Å². The molecule has 2 aliphatic heterocycles. The summed E-state index contributed by atoms with van der Waals surface area (Å²) in [5.41, 5.74) is 1.34. The fraction of sp³-hybridized carbons (Fsp3) is 0.391. The zero-order valence-corrected chi connectivity index (χ0v) is 19.0. The number of anilines is 1. The maximum atomic E-state index is 13.1. The number of carbonyl (C=O) groups is 2. The number of benzene rings is 2. The minimum absolute atomic E-state index is 0.0390. The summed E-state index contributed by atoms with van der Waals surface area (Å²) in [4.78, 5) is 31.4. The van der Waals surface area contributed by atoms with E-state index >= 15 is 0 Å². The highest BCUT2D eigenvalue weighted by Gasteiger charge is 2.32. The van der Waals surface area contributed by atoms with Crippen LogP contribution in [0.2, 0.25) is 0 Å². The number of carbonyl (C=O) groups excluding carboxylic acids is 2. The molecular formula is C23H27FN4O4S. The normalized spacial score (nSPS) is 17.8. The summed E-state index contributed by atoms with van der Waals surface area (Å²) in [6.45, 7) is 3.58. The number of nitrogens with two attached hydrogens (primary N) is 1. The summed E-state index contributed by atoms with van der Waals surface area (Å²) < 4.78 is 35.9. The molecule has 2 aliphatic rings. The maximum absolute atomic E-state index is 13.1. The quantitative estimate of drug-likeness (QED) is 0.726. The molecule has 0 atom stereocenters. The maximum Gasteiger partial charge on any atom is 0.253 e. The number of hydrogen-bond donors (Lipinski definition) is 1. The molecule has 0 unspecified atom stereocenters. The molecule has 4 rings (SSSR count). The van der Waals surface area contributed by atoms with E-state index in [1.807, 2.05) is 4.90 Å². The standard InChI is InChI=1S/C23H27FN4O4S/c24-19-3-5-20(6-4-19)26-13-15-28(16-14-26)23(30)18-9-11-27(12-10-18)22(29)17-1-7-21(8-2-17)33(25,31)32/h1-8,18H,9-16H2,(H2,25,31,32). The van der Waals surface area contributed by atoms with Gasteiger partial charge in [-0.15, -0.1) is 0 Å². The van der Waals surface area contributed by atoms with Gasteiger partial charge in [0.15, 0.2) is 0 Å². The lowest BCUT2D eigenvalue weighted by Crippen LogP contribution is -2.52. The van der Waals surface area contributed by atoms with Crippen LogP contribution in [0.15, 0.2) is 53.4 Å². The van der Waals surface area contributed by atoms with Crippen molar-refractivity contribution in [3.8, 4) is 0 Å². The van der Waals surface area contributed by atoms with Crippen LogP contribution in [0.1, 0.15) is 23.2 Å². The predicted molar refractivity (Wildman–Crippen MR) is 122 cm³/mol. The molecule has 0 saturated carbocycles. The second kappa shape index (κ2) is 9.48. The largest absolute Gasteiger partial charge is 0.368 e. The number of amides is 2. The highest BCUT2D eigenvalue weighted by Crippen LogP contribution is 2.23. The second-order valence-corrected chi connectivity index (χ2v) is 9.99. The summed E-state index contributed by atoms with van der Waals surface area (Å²) >= 11 is 0. The molecule has 2 saturated heterocycles. The van der Waals surface area contributed by atoms with E-state index in [9.17, 15) is 22.4 Å². The molecule has 10 heteroatoms. The average molecular weight is 475 g/mol. The molecule has 0 bridgehead atoms. The first-order valence-electron chi connectivity index (χ1n) is 10.9. The van der Waals surface area contributed by atoms with Crippen molar-refractivity contribution < 1.29 is 22.4 Å². The predicted octanol–water partition coefficient (Wildman–Crippen LogP) is 1.67. The van der Waals surface area contributed by atoms with E-state index in [1.54, 1.807) is 17.0 Å². The fourth-order valence-corrected chi connectivity index (χ4v) is 4.91. The van der Waals surface area contributed by atoms with Crippen LogP contribution in [-0.4, -0.2) is 69.3 Å². The Hall–Kier alpha value is -2.98. The smallest absolute Gasteiger partial charge is 0.253 e. The third-order valence-electron chi connectivity index (χ3n) is 6.34. The summed E-state index contributed by atoms with van der Waals surface area (Å²) in [6, 6.07) is 11.9. The van der Waals surface area contributed by atoms with Gasteiger partial charge in [0, 0.05) is 56.4 Å². The van der Waals surface area contributed by atoms with Crippen molar-refractivity contribution in [3.63, 3.8) is 0 Å². The van der Waals surface area contributed by atoms with Gasteiger partial charge in [-0.25, -0.2) is 17.9 Å². The summed E-state index contributed by atoms with van der Waals surface area (Å²) in [6.07, 6.45) is 1.19. The number of primary sulfonamides is 1. The molecule has 0 spiro atoms. The average Bonchev–Trinajstić information content (AvgIpc) is 2.83. The zero-order chi connectivity index (χ0) is 23.6. The Morgan fingerprint density at radius 3 is 1.94 bits per heavy atom. The molecule has 33 heavy (non-hydrogen) atoms. The van der Waals surface area contributed by atoms with Crippen LogP contribution in [0.3, 0.4) is 0 Å². The van der Waals surface area contributed by atoms with Crippen molar-refractivity contribution in [2.75, 3.05) is 44.2 Å².